The molecule has 2 rings (SSSR count). The molecular formula is C12H10BrClFNO. The highest BCUT2D eigenvalue weighted by atomic mass is 79.9. The molecule has 17 heavy (non-hydrogen) atoms. The Morgan fingerprint density at radius 3 is 2.82 bits per heavy atom. The van der Waals surface area contributed by atoms with E-state index in [0.717, 1.165) is 0 Å². The highest BCUT2D eigenvalue weighted by molar-refractivity contribution is 9.09. The summed E-state index contributed by atoms with van der Waals surface area (Å²) in [4.78, 5) is 11.8. The zero-order chi connectivity index (χ0) is 12.6. The van der Waals surface area contributed by atoms with Crippen LogP contribution in [0.4, 0.5) is 4.39 Å². The first kappa shape index (κ1) is 12.6. The van der Waals surface area contributed by atoms with Crippen molar-refractivity contribution in [3.63, 3.8) is 0 Å². The predicted molar refractivity (Wildman–Crippen MR) is 70.7 cm³/mol. The second-order valence-corrected chi connectivity index (χ2v) is 4.64. The van der Waals surface area contributed by atoms with Crippen molar-refractivity contribution in [2.45, 2.75) is 13.5 Å². The molecule has 0 fully saturated rings. The molecule has 0 aliphatic rings. The lowest BCUT2D eigenvalue weighted by Crippen LogP contribution is -1.98. The van der Waals surface area contributed by atoms with Gasteiger partial charge in [-0.05, 0) is 19.1 Å². The molecule has 1 heterocycles. The Hall–Kier alpha value is -0.870. The molecule has 0 saturated carbocycles. The number of aromatic nitrogens is 1. The second kappa shape index (κ2) is 4.78. The Kier molecular flexibility index (Phi) is 3.54. The molecule has 0 unspecified atom stereocenters. The summed E-state index contributed by atoms with van der Waals surface area (Å²) >= 11 is 8.89. The van der Waals surface area contributed by atoms with Crippen molar-refractivity contribution in [2.24, 2.45) is 0 Å². The SMILES string of the molecule is CCn1cc(C(=O)CBr)c2cc(Cl)c(F)cc21. The van der Waals surface area contributed by atoms with Crippen LogP contribution in [0.1, 0.15) is 17.3 Å². The summed E-state index contributed by atoms with van der Waals surface area (Å²) in [5.74, 6) is -0.505. The molecule has 90 valence electrons. The fourth-order valence-corrected chi connectivity index (χ4v) is 2.31. The number of benzene rings is 1. The van der Waals surface area contributed by atoms with Gasteiger partial charge in [-0.2, -0.15) is 0 Å². The molecule has 0 radical (unpaired) electrons. The van der Waals surface area contributed by atoms with Gasteiger partial charge in [0.2, 0.25) is 0 Å². The van der Waals surface area contributed by atoms with E-state index < -0.39 is 5.82 Å². The van der Waals surface area contributed by atoms with E-state index in [1.807, 2.05) is 11.5 Å². The third kappa shape index (κ3) is 2.11. The van der Waals surface area contributed by atoms with Crippen LogP contribution >= 0.6 is 27.5 Å². The van der Waals surface area contributed by atoms with Crippen molar-refractivity contribution in [2.75, 3.05) is 5.33 Å². The van der Waals surface area contributed by atoms with Gasteiger partial charge in [0, 0.05) is 23.7 Å². The quantitative estimate of drug-likeness (QED) is 0.618. The number of ketones is 1. The summed E-state index contributed by atoms with van der Waals surface area (Å²) in [6.07, 6.45) is 1.74. The summed E-state index contributed by atoms with van der Waals surface area (Å²) in [7, 11) is 0. The lowest BCUT2D eigenvalue weighted by molar-refractivity contribution is 0.102. The van der Waals surface area contributed by atoms with Crippen LogP contribution in [0.25, 0.3) is 10.9 Å². The van der Waals surface area contributed by atoms with Crippen molar-refractivity contribution in [1.29, 1.82) is 0 Å². The van der Waals surface area contributed by atoms with Gasteiger partial charge in [-0.25, -0.2) is 4.39 Å². The van der Waals surface area contributed by atoms with E-state index in [2.05, 4.69) is 15.9 Å². The number of halogens is 3. The van der Waals surface area contributed by atoms with Gasteiger partial charge in [0.25, 0.3) is 0 Å². The van der Waals surface area contributed by atoms with E-state index in [1.165, 1.54) is 12.1 Å². The Morgan fingerprint density at radius 2 is 2.24 bits per heavy atom. The van der Waals surface area contributed by atoms with Crippen LogP contribution in [-0.4, -0.2) is 15.7 Å². The molecule has 2 nitrogen and oxygen atoms in total. The van der Waals surface area contributed by atoms with Crippen LogP contribution < -0.4 is 0 Å². The van der Waals surface area contributed by atoms with Crippen LogP contribution in [0.15, 0.2) is 18.3 Å². The number of hydrogen-bond donors (Lipinski definition) is 0. The van der Waals surface area contributed by atoms with E-state index in [9.17, 15) is 9.18 Å². The minimum atomic E-state index is -0.468. The molecule has 0 N–H and O–H groups in total. The van der Waals surface area contributed by atoms with Gasteiger partial charge in [0.15, 0.2) is 5.78 Å². The maximum absolute atomic E-state index is 13.4. The highest BCUT2D eigenvalue weighted by Gasteiger charge is 2.15. The molecule has 0 saturated heterocycles. The molecular weight excluding hydrogens is 308 g/mol. The topological polar surface area (TPSA) is 22.0 Å². The van der Waals surface area contributed by atoms with Crippen LogP contribution in [-0.2, 0) is 6.54 Å². The summed E-state index contributed by atoms with van der Waals surface area (Å²) in [5.41, 5.74) is 1.26. The van der Waals surface area contributed by atoms with Crippen molar-refractivity contribution >= 4 is 44.2 Å². The number of carbonyl (C=O) groups excluding carboxylic acids is 1. The van der Waals surface area contributed by atoms with Gasteiger partial charge in [0.1, 0.15) is 5.82 Å². The summed E-state index contributed by atoms with van der Waals surface area (Å²) in [5, 5.41) is 0.975. The Labute approximate surface area is 111 Å². The molecule has 0 aliphatic heterocycles. The maximum atomic E-state index is 13.4. The zero-order valence-corrected chi connectivity index (χ0v) is 11.5. The van der Waals surface area contributed by atoms with Gasteiger partial charge >= 0.3 is 0 Å². The largest absolute Gasteiger partial charge is 0.347 e. The fourth-order valence-electron chi connectivity index (χ4n) is 1.84. The van der Waals surface area contributed by atoms with E-state index in [1.54, 1.807) is 6.20 Å². The van der Waals surface area contributed by atoms with Gasteiger partial charge in [0.05, 0.1) is 15.9 Å². The molecule has 1 aromatic heterocycles. The number of nitrogens with zero attached hydrogens (tertiary/aromatic N) is 1. The van der Waals surface area contributed by atoms with E-state index in [4.69, 9.17) is 11.6 Å². The van der Waals surface area contributed by atoms with Gasteiger partial charge < -0.3 is 4.57 Å². The normalized spacial score (nSPS) is 11.1. The third-order valence-corrected chi connectivity index (χ3v) is 3.48. The lowest BCUT2D eigenvalue weighted by Gasteiger charge is -2.01. The second-order valence-electron chi connectivity index (χ2n) is 3.67. The first-order valence-electron chi connectivity index (χ1n) is 5.15. The average molecular weight is 319 g/mol. The molecule has 0 atom stereocenters. The zero-order valence-electron chi connectivity index (χ0n) is 9.14. The number of fused-ring (bicyclic) bond motifs is 1. The summed E-state index contributed by atoms with van der Waals surface area (Å²) in [6, 6.07) is 2.88. The van der Waals surface area contributed by atoms with Crippen LogP contribution in [0.3, 0.4) is 0 Å². The highest BCUT2D eigenvalue weighted by Crippen LogP contribution is 2.28. The minimum Gasteiger partial charge on any atom is -0.347 e. The number of carbonyl (C=O) groups is 1. The smallest absolute Gasteiger partial charge is 0.175 e. The van der Waals surface area contributed by atoms with E-state index in [-0.39, 0.29) is 16.1 Å². The number of rotatable bonds is 3. The first-order valence-corrected chi connectivity index (χ1v) is 6.65. The number of aryl methyl sites for hydroxylation is 1. The van der Waals surface area contributed by atoms with Crippen molar-refractivity contribution in [1.82, 2.24) is 4.57 Å². The Bertz CT molecular complexity index is 594. The number of hydrogen-bond acceptors (Lipinski definition) is 1. The van der Waals surface area contributed by atoms with Gasteiger partial charge in [-0.15, -0.1) is 0 Å². The fraction of sp³-hybridized carbons (Fsp3) is 0.250. The Morgan fingerprint density at radius 1 is 1.53 bits per heavy atom. The van der Waals surface area contributed by atoms with E-state index in [0.29, 0.717) is 23.0 Å². The number of Topliss-reactive ketones (excluding diaryl/α,β-unsaturated/α-hetero) is 1. The molecule has 2 aromatic rings. The third-order valence-electron chi connectivity index (χ3n) is 2.69. The number of alkyl halides is 1. The monoisotopic (exact) mass is 317 g/mol. The van der Waals surface area contributed by atoms with Crippen molar-refractivity contribution in [3.05, 3.63) is 34.7 Å². The van der Waals surface area contributed by atoms with Crippen molar-refractivity contribution < 1.29 is 9.18 Å². The van der Waals surface area contributed by atoms with Crippen LogP contribution in [0.2, 0.25) is 5.02 Å². The molecule has 0 bridgehead atoms. The van der Waals surface area contributed by atoms with E-state index >= 15 is 0 Å². The minimum absolute atomic E-state index is 0.0370. The predicted octanol–water partition coefficient (Wildman–Crippen LogP) is 4.03. The lowest BCUT2D eigenvalue weighted by atomic mass is 10.1. The molecule has 5 heteroatoms. The molecule has 0 spiro atoms. The van der Waals surface area contributed by atoms with Crippen LogP contribution in [0.5, 0.6) is 0 Å². The van der Waals surface area contributed by atoms with Gasteiger partial charge in [-0.1, -0.05) is 27.5 Å². The molecule has 1 aromatic carbocycles. The van der Waals surface area contributed by atoms with Crippen LogP contribution in [0, 0.1) is 5.82 Å². The summed E-state index contributed by atoms with van der Waals surface area (Å²) < 4.78 is 15.3. The van der Waals surface area contributed by atoms with Crippen molar-refractivity contribution in [3.8, 4) is 0 Å². The molecule has 0 amide bonds. The first-order chi connectivity index (χ1) is 8.08. The Balaban J connectivity index is 2.78. The maximum Gasteiger partial charge on any atom is 0.175 e. The summed E-state index contributed by atoms with van der Waals surface area (Å²) in [6.45, 7) is 2.61. The molecule has 0 aliphatic carbocycles. The standard InChI is InChI=1S/C12H10BrClFNO/c1-2-16-6-8(12(17)5-13)7-3-9(14)10(15)4-11(7)16/h3-4,6H,2,5H2,1H3. The average Bonchev–Trinajstić information content (AvgIpc) is 2.67. The van der Waals surface area contributed by atoms with Gasteiger partial charge in [-0.3, -0.25) is 4.79 Å².